The predicted octanol–water partition coefficient (Wildman–Crippen LogP) is 2.40. The van der Waals surface area contributed by atoms with Gasteiger partial charge in [0.05, 0.1) is 25.3 Å². The number of rotatable bonds is 3. The number of piperazine rings is 1. The molecule has 4 aliphatic rings. The largest absolute Gasteiger partial charge is 0.504 e. The average molecular weight is 521 g/mol. The maximum absolute atomic E-state index is 12.2. The number of fused-ring (bicyclic) bond motifs is 9. The van der Waals surface area contributed by atoms with Crippen molar-refractivity contribution in [1.29, 1.82) is 5.26 Å². The minimum Gasteiger partial charge on any atom is -0.504 e. The summed E-state index contributed by atoms with van der Waals surface area (Å²) in [4.78, 5) is 16.6. The second kappa shape index (κ2) is 8.76. The molecule has 2 aromatic rings. The Bertz CT molecular complexity index is 1400. The van der Waals surface area contributed by atoms with Gasteiger partial charge in [-0.1, -0.05) is 6.07 Å². The molecule has 5 atom stereocenters. The fraction of sp³-hybridized carbons (Fsp3) is 0.500. The summed E-state index contributed by atoms with van der Waals surface area (Å²) in [5.74, 6) is 1.75. The highest BCUT2D eigenvalue weighted by Gasteiger charge is 2.56. The second-order valence-corrected chi connectivity index (χ2v) is 10.6. The zero-order chi connectivity index (χ0) is 27.0. The second-order valence-electron chi connectivity index (χ2n) is 10.6. The topological polar surface area (TPSA) is 131 Å². The number of ether oxygens (including phenoxy) is 4. The van der Waals surface area contributed by atoms with Gasteiger partial charge in [-0.25, -0.2) is 0 Å². The number of esters is 1. The molecule has 10 nitrogen and oxygen atoms in total. The van der Waals surface area contributed by atoms with E-state index in [9.17, 15) is 15.2 Å². The van der Waals surface area contributed by atoms with Gasteiger partial charge in [0, 0.05) is 47.8 Å². The van der Waals surface area contributed by atoms with E-state index in [2.05, 4.69) is 21.9 Å². The van der Waals surface area contributed by atoms with Crippen molar-refractivity contribution in [1.82, 2.24) is 9.80 Å². The van der Waals surface area contributed by atoms with Gasteiger partial charge in [0.25, 0.3) is 0 Å². The average Bonchev–Trinajstić information content (AvgIpc) is 3.36. The van der Waals surface area contributed by atoms with Crippen LogP contribution >= 0.6 is 0 Å². The van der Waals surface area contributed by atoms with Crippen LogP contribution < -0.4 is 24.7 Å². The molecular formula is C28H32N4O6. The Morgan fingerprint density at radius 1 is 1.21 bits per heavy atom. The number of aryl methyl sites for hydroxylation is 1. The molecular weight excluding hydrogens is 488 g/mol. The van der Waals surface area contributed by atoms with Crippen molar-refractivity contribution in [3.63, 3.8) is 0 Å². The number of aromatic hydroxyl groups is 1. The van der Waals surface area contributed by atoms with Gasteiger partial charge in [-0.05, 0) is 44.9 Å². The lowest BCUT2D eigenvalue weighted by Gasteiger charge is -2.59. The first-order valence-corrected chi connectivity index (χ1v) is 12.8. The molecule has 1 saturated heterocycles. The number of carbonyl (C=O) groups excluding carboxylic acids is 1. The molecule has 0 aliphatic carbocycles. The summed E-state index contributed by atoms with van der Waals surface area (Å²) >= 11 is 0. The monoisotopic (exact) mass is 520 g/mol. The number of hydrogen-bond acceptors (Lipinski definition) is 10. The van der Waals surface area contributed by atoms with Crippen LogP contribution in [0.15, 0.2) is 6.07 Å². The number of likely N-dealkylation sites (N-methyl/N-ethyl adjacent to an activating group) is 1. The highest BCUT2D eigenvalue weighted by Crippen LogP contribution is 2.58. The fourth-order valence-corrected chi connectivity index (χ4v) is 7.34. The molecule has 38 heavy (non-hydrogen) atoms. The molecule has 3 unspecified atom stereocenters. The van der Waals surface area contributed by atoms with Gasteiger partial charge >= 0.3 is 5.97 Å². The molecule has 2 aromatic carbocycles. The van der Waals surface area contributed by atoms with E-state index in [0.29, 0.717) is 41.4 Å². The Balaban J connectivity index is 1.62. The summed E-state index contributed by atoms with van der Waals surface area (Å²) in [5.41, 5.74) is 11.5. The predicted molar refractivity (Wildman–Crippen MR) is 137 cm³/mol. The molecule has 4 heterocycles. The molecule has 0 aromatic heterocycles. The molecule has 0 saturated carbocycles. The van der Waals surface area contributed by atoms with Crippen LogP contribution in [-0.4, -0.2) is 66.5 Å². The lowest BCUT2D eigenvalue weighted by Crippen LogP contribution is -2.68. The quantitative estimate of drug-likeness (QED) is 0.459. The Labute approximate surface area is 221 Å². The Kier molecular flexibility index (Phi) is 5.72. The van der Waals surface area contributed by atoms with Crippen molar-refractivity contribution < 1.29 is 28.8 Å². The van der Waals surface area contributed by atoms with Crippen molar-refractivity contribution in [3.05, 3.63) is 39.4 Å². The molecule has 0 amide bonds. The standard InChI is InChI=1S/C28H32N4O6/c1-12-6-15-7-17-19(9-29)32-18(23(31(17)4)21(15)24(34)25(12)35-5)8-16-22(20(32)10-30)28-27(36-11-37-28)13(2)26(16)38-14(3)33/h6,17-20,23,34H,7-8,10-11,30H2,1-5H3/t17?,18-,19-,20?,23?/m0/s1. The zero-order valence-electron chi connectivity index (χ0n) is 22.2. The van der Waals surface area contributed by atoms with Crippen LogP contribution in [0.5, 0.6) is 28.7 Å². The van der Waals surface area contributed by atoms with Crippen molar-refractivity contribution in [2.75, 3.05) is 27.5 Å². The number of phenolic OH excluding ortho intramolecular Hbond substituents is 1. The summed E-state index contributed by atoms with van der Waals surface area (Å²) in [5, 5.41) is 22.0. The van der Waals surface area contributed by atoms with Crippen LogP contribution in [0.3, 0.4) is 0 Å². The smallest absolute Gasteiger partial charge is 0.308 e. The molecule has 0 radical (unpaired) electrons. The minimum absolute atomic E-state index is 0.0585. The van der Waals surface area contributed by atoms with E-state index in [1.807, 2.05) is 20.9 Å². The van der Waals surface area contributed by atoms with Crippen LogP contribution in [0.4, 0.5) is 0 Å². The van der Waals surface area contributed by atoms with E-state index in [-0.39, 0.29) is 43.3 Å². The summed E-state index contributed by atoms with van der Waals surface area (Å²) in [6, 6.07) is 3.20. The lowest BCUT2D eigenvalue weighted by molar-refractivity contribution is -0.132. The maximum Gasteiger partial charge on any atom is 0.308 e. The molecule has 3 N–H and O–H groups in total. The van der Waals surface area contributed by atoms with Gasteiger partial charge < -0.3 is 29.8 Å². The number of nitriles is 1. The molecule has 10 heteroatoms. The van der Waals surface area contributed by atoms with Gasteiger partial charge in [-0.3, -0.25) is 14.6 Å². The summed E-state index contributed by atoms with van der Waals surface area (Å²) in [7, 11) is 3.57. The minimum atomic E-state index is -0.461. The van der Waals surface area contributed by atoms with Crippen molar-refractivity contribution in [3.8, 4) is 34.8 Å². The number of phenols is 1. The van der Waals surface area contributed by atoms with Gasteiger partial charge in [0.2, 0.25) is 6.79 Å². The van der Waals surface area contributed by atoms with E-state index >= 15 is 0 Å². The third-order valence-electron chi connectivity index (χ3n) is 8.73. The van der Waals surface area contributed by atoms with Gasteiger partial charge in [-0.15, -0.1) is 0 Å². The summed E-state index contributed by atoms with van der Waals surface area (Å²) in [6.07, 6.45) is 1.07. The first kappa shape index (κ1) is 24.8. The third kappa shape index (κ3) is 3.19. The Hall–Kier alpha value is -3.52. The van der Waals surface area contributed by atoms with Crippen molar-refractivity contribution in [2.24, 2.45) is 5.73 Å². The summed E-state index contributed by atoms with van der Waals surface area (Å²) in [6.45, 7) is 5.42. The van der Waals surface area contributed by atoms with Gasteiger partial charge in [0.1, 0.15) is 11.8 Å². The fourth-order valence-electron chi connectivity index (χ4n) is 7.34. The van der Waals surface area contributed by atoms with Crippen LogP contribution in [0.1, 0.15) is 52.4 Å². The van der Waals surface area contributed by atoms with E-state index < -0.39 is 12.0 Å². The number of methoxy groups -OCH3 is 1. The van der Waals surface area contributed by atoms with Crippen molar-refractivity contribution >= 4 is 5.97 Å². The number of hydrogen-bond donors (Lipinski definition) is 2. The van der Waals surface area contributed by atoms with Crippen LogP contribution in [0, 0.1) is 25.2 Å². The number of benzene rings is 2. The maximum atomic E-state index is 12.2. The molecule has 6 rings (SSSR count). The highest BCUT2D eigenvalue weighted by molar-refractivity contribution is 5.74. The van der Waals surface area contributed by atoms with E-state index in [1.54, 1.807) is 7.11 Å². The zero-order valence-corrected chi connectivity index (χ0v) is 22.2. The normalized spacial score (nSPS) is 27.1. The van der Waals surface area contributed by atoms with Gasteiger partial charge in [0.15, 0.2) is 23.0 Å². The molecule has 2 bridgehead atoms. The van der Waals surface area contributed by atoms with E-state index in [1.165, 1.54) is 6.92 Å². The Morgan fingerprint density at radius 2 is 1.95 bits per heavy atom. The first-order chi connectivity index (χ1) is 18.2. The Morgan fingerprint density at radius 3 is 2.61 bits per heavy atom. The highest BCUT2D eigenvalue weighted by atomic mass is 16.7. The molecule has 4 aliphatic heterocycles. The van der Waals surface area contributed by atoms with Crippen LogP contribution in [0.2, 0.25) is 0 Å². The first-order valence-electron chi connectivity index (χ1n) is 12.8. The SMILES string of the molecule is COc1c(C)cc2c(c1O)C1[C@@H]3Cc4c(OC(C)=O)c(C)c5c(c4C(CN)N3[C@@H](C#N)C(C2)N1C)OCO5. The van der Waals surface area contributed by atoms with E-state index in [4.69, 9.17) is 24.7 Å². The number of nitrogens with zero attached hydrogens (tertiary/aromatic N) is 3. The molecule has 200 valence electrons. The van der Waals surface area contributed by atoms with E-state index in [0.717, 1.165) is 27.8 Å². The molecule has 0 spiro atoms. The summed E-state index contributed by atoms with van der Waals surface area (Å²) < 4.78 is 23.1. The third-order valence-corrected chi connectivity index (χ3v) is 8.73. The molecule has 1 fully saturated rings. The van der Waals surface area contributed by atoms with Crippen LogP contribution in [-0.2, 0) is 17.6 Å². The van der Waals surface area contributed by atoms with Crippen LogP contribution in [0.25, 0.3) is 0 Å². The van der Waals surface area contributed by atoms with Gasteiger partial charge in [-0.2, -0.15) is 5.26 Å². The lowest BCUT2D eigenvalue weighted by atomic mass is 9.71. The number of carbonyl (C=O) groups is 1. The number of nitrogens with two attached hydrogens (primary N) is 1. The van der Waals surface area contributed by atoms with Crippen molar-refractivity contribution in [2.45, 2.75) is 63.8 Å².